The molecule has 17 heavy (non-hydrogen) atoms. The van der Waals surface area contributed by atoms with Crippen LogP contribution in [0, 0.1) is 0 Å². The van der Waals surface area contributed by atoms with E-state index in [0.29, 0.717) is 19.5 Å². The molecule has 0 bridgehead atoms. The number of unbranched alkanes of at least 4 members (excludes halogenated alkanes) is 2. The Kier molecular flexibility index (Phi) is 9.43. The standard InChI is InChI=1S/C12H24N2O3/c1-3-9-14(10-12(16)17-2)11(15)7-5-4-6-8-13/h3-10,13H2,1-2H3. The Labute approximate surface area is 103 Å². The average molecular weight is 244 g/mol. The molecule has 0 radical (unpaired) electrons. The quantitative estimate of drug-likeness (QED) is 0.483. The van der Waals surface area contributed by atoms with Gasteiger partial charge in [0.1, 0.15) is 6.54 Å². The van der Waals surface area contributed by atoms with Gasteiger partial charge in [0.25, 0.3) is 0 Å². The van der Waals surface area contributed by atoms with Gasteiger partial charge < -0.3 is 15.4 Å². The van der Waals surface area contributed by atoms with Crippen LogP contribution in [0.5, 0.6) is 0 Å². The second-order valence-electron chi connectivity index (χ2n) is 3.99. The molecule has 0 rings (SSSR count). The Bertz CT molecular complexity index is 232. The van der Waals surface area contributed by atoms with Crippen LogP contribution >= 0.6 is 0 Å². The van der Waals surface area contributed by atoms with Crippen molar-refractivity contribution in [2.45, 2.75) is 39.0 Å². The molecule has 0 aliphatic heterocycles. The maximum Gasteiger partial charge on any atom is 0.325 e. The number of ether oxygens (including phenoxy) is 1. The van der Waals surface area contributed by atoms with E-state index in [4.69, 9.17) is 5.73 Å². The molecule has 0 aliphatic rings. The summed E-state index contributed by atoms with van der Waals surface area (Å²) in [5, 5.41) is 0. The number of nitrogens with two attached hydrogens (primary N) is 1. The van der Waals surface area contributed by atoms with Crippen LogP contribution in [0.1, 0.15) is 39.0 Å². The summed E-state index contributed by atoms with van der Waals surface area (Å²) >= 11 is 0. The zero-order valence-electron chi connectivity index (χ0n) is 10.9. The molecule has 1 amide bonds. The topological polar surface area (TPSA) is 72.6 Å². The van der Waals surface area contributed by atoms with Gasteiger partial charge in [0.2, 0.25) is 5.91 Å². The zero-order valence-corrected chi connectivity index (χ0v) is 10.9. The first-order valence-electron chi connectivity index (χ1n) is 6.20. The number of hydrogen-bond acceptors (Lipinski definition) is 4. The number of carbonyl (C=O) groups excluding carboxylic acids is 2. The molecule has 0 saturated heterocycles. The maximum atomic E-state index is 11.8. The number of nitrogens with zero attached hydrogens (tertiary/aromatic N) is 1. The minimum Gasteiger partial charge on any atom is -0.468 e. The van der Waals surface area contributed by atoms with E-state index in [1.54, 1.807) is 4.90 Å². The average Bonchev–Trinajstić information content (AvgIpc) is 2.33. The maximum absolute atomic E-state index is 11.8. The van der Waals surface area contributed by atoms with Crippen molar-refractivity contribution < 1.29 is 14.3 Å². The first-order chi connectivity index (χ1) is 8.15. The third-order valence-electron chi connectivity index (χ3n) is 2.49. The lowest BCUT2D eigenvalue weighted by atomic mass is 10.2. The van der Waals surface area contributed by atoms with Gasteiger partial charge in [-0.3, -0.25) is 9.59 Å². The van der Waals surface area contributed by atoms with Gasteiger partial charge in [0, 0.05) is 13.0 Å². The van der Waals surface area contributed by atoms with Crippen molar-refractivity contribution in [1.82, 2.24) is 4.90 Å². The van der Waals surface area contributed by atoms with Crippen molar-refractivity contribution in [3.05, 3.63) is 0 Å². The molecule has 100 valence electrons. The Morgan fingerprint density at radius 1 is 1.24 bits per heavy atom. The van der Waals surface area contributed by atoms with E-state index in [1.807, 2.05) is 6.92 Å². The lowest BCUT2D eigenvalue weighted by Crippen LogP contribution is -2.36. The number of rotatable bonds is 9. The Balaban J connectivity index is 4.01. The molecular weight excluding hydrogens is 220 g/mol. The zero-order chi connectivity index (χ0) is 13.1. The van der Waals surface area contributed by atoms with Gasteiger partial charge in [0.15, 0.2) is 0 Å². The monoisotopic (exact) mass is 244 g/mol. The van der Waals surface area contributed by atoms with E-state index in [9.17, 15) is 9.59 Å². The van der Waals surface area contributed by atoms with Crippen LogP contribution in [0.15, 0.2) is 0 Å². The predicted molar refractivity (Wildman–Crippen MR) is 66.4 cm³/mol. The summed E-state index contributed by atoms with van der Waals surface area (Å²) in [5.41, 5.74) is 5.38. The van der Waals surface area contributed by atoms with Gasteiger partial charge in [-0.05, 0) is 25.8 Å². The van der Waals surface area contributed by atoms with Gasteiger partial charge in [-0.25, -0.2) is 0 Å². The highest BCUT2D eigenvalue weighted by Crippen LogP contribution is 2.04. The van der Waals surface area contributed by atoms with E-state index in [2.05, 4.69) is 4.74 Å². The van der Waals surface area contributed by atoms with E-state index in [-0.39, 0.29) is 18.4 Å². The number of hydrogen-bond donors (Lipinski definition) is 1. The summed E-state index contributed by atoms with van der Waals surface area (Å²) in [7, 11) is 1.33. The number of methoxy groups -OCH3 is 1. The third-order valence-corrected chi connectivity index (χ3v) is 2.49. The predicted octanol–water partition coefficient (Wildman–Crippen LogP) is 0.917. The highest BCUT2D eigenvalue weighted by molar-refractivity contribution is 5.81. The molecule has 5 nitrogen and oxygen atoms in total. The van der Waals surface area contributed by atoms with E-state index in [1.165, 1.54) is 7.11 Å². The first kappa shape index (κ1) is 15.9. The van der Waals surface area contributed by atoms with Gasteiger partial charge in [-0.15, -0.1) is 0 Å². The fraction of sp³-hybridized carbons (Fsp3) is 0.833. The van der Waals surface area contributed by atoms with Gasteiger partial charge >= 0.3 is 5.97 Å². The van der Waals surface area contributed by atoms with E-state index >= 15 is 0 Å². The van der Waals surface area contributed by atoms with Crippen molar-refractivity contribution in [1.29, 1.82) is 0 Å². The molecule has 0 fully saturated rings. The van der Waals surface area contributed by atoms with Crippen LogP contribution in [0.2, 0.25) is 0 Å². The van der Waals surface area contributed by atoms with Crippen molar-refractivity contribution >= 4 is 11.9 Å². The smallest absolute Gasteiger partial charge is 0.325 e. The third kappa shape index (κ3) is 7.74. The van der Waals surface area contributed by atoms with Crippen LogP contribution in [0.3, 0.4) is 0 Å². The molecule has 0 heterocycles. The molecule has 0 atom stereocenters. The molecule has 0 aliphatic carbocycles. The summed E-state index contributed by atoms with van der Waals surface area (Å²) in [6, 6.07) is 0. The number of amides is 1. The fourth-order valence-corrected chi connectivity index (χ4v) is 1.54. The van der Waals surface area contributed by atoms with Crippen LogP contribution in [0.4, 0.5) is 0 Å². The lowest BCUT2D eigenvalue weighted by Gasteiger charge is -2.20. The van der Waals surface area contributed by atoms with Crippen molar-refractivity contribution in [3.8, 4) is 0 Å². The molecule has 2 N–H and O–H groups in total. The van der Waals surface area contributed by atoms with Crippen LogP contribution < -0.4 is 5.73 Å². The second-order valence-corrected chi connectivity index (χ2v) is 3.99. The summed E-state index contributed by atoms with van der Waals surface area (Å²) < 4.78 is 4.57. The summed E-state index contributed by atoms with van der Waals surface area (Å²) in [6.45, 7) is 3.30. The molecule has 0 unspecified atom stereocenters. The minimum absolute atomic E-state index is 0.0225. The Hall–Kier alpha value is -1.10. The minimum atomic E-state index is -0.367. The summed E-state index contributed by atoms with van der Waals surface area (Å²) in [4.78, 5) is 24.5. The molecule has 0 spiro atoms. The van der Waals surface area contributed by atoms with Crippen LogP contribution in [0.25, 0.3) is 0 Å². The largest absolute Gasteiger partial charge is 0.468 e. The normalized spacial score (nSPS) is 10.1. The first-order valence-corrected chi connectivity index (χ1v) is 6.20. The van der Waals surface area contributed by atoms with Gasteiger partial charge in [-0.2, -0.15) is 0 Å². The SMILES string of the molecule is CCCN(CC(=O)OC)C(=O)CCCCCN. The lowest BCUT2D eigenvalue weighted by molar-refractivity contribution is -0.147. The summed E-state index contributed by atoms with van der Waals surface area (Å²) in [6.07, 6.45) is 4.05. The van der Waals surface area contributed by atoms with Crippen molar-refractivity contribution in [2.75, 3.05) is 26.7 Å². The fourth-order valence-electron chi connectivity index (χ4n) is 1.54. The Morgan fingerprint density at radius 2 is 1.94 bits per heavy atom. The van der Waals surface area contributed by atoms with E-state index < -0.39 is 0 Å². The van der Waals surface area contributed by atoms with Crippen molar-refractivity contribution in [3.63, 3.8) is 0 Å². The van der Waals surface area contributed by atoms with Crippen molar-refractivity contribution in [2.24, 2.45) is 5.73 Å². The Morgan fingerprint density at radius 3 is 2.47 bits per heavy atom. The molecule has 0 saturated carbocycles. The van der Waals surface area contributed by atoms with Crippen LogP contribution in [-0.2, 0) is 14.3 Å². The molecular formula is C12H24N2O3. The van der Waals surface area contributed by atoms with Gasteiger partial charge in [-0.1, -0.05) is 13.3 Å². The second kappa shape index (κ2) is 10.1. The van der Waals surface area contributed by atoms with Gasteiger partial charge in [0.05, 0.1) is 7.11 Å². The summed E-state index contributed by atoms with van der Waals surface area (Å²) in [5.74, 6) is -0.344. The molecule has 0 aromatic rings. The molecule has 0 aromatic heterocycles. The van der Waals surface area contributed by atoms with Crippen LogP contribution in [-0.4, -0.2) is 43.5 Å². The molecule has 0 aromatic carbocycles. The highest BCUT2D eigenvalue weighted by Gasteiger charge is 2.15. The number of esters is 1. The highest BCUT2D eigenvalue weighted by atomic mass is 16.5. The van der Waals surface area contributed by atoms with E-state index in [0.717, 1.165) is 25.7 Å². The number of carbonyl (C=O) groups is 2. The molecule has 5 heteroatoms.